The van der Waals surface area contributed by atoms with E-state index in [4.69, 9.17) is 10.8 Å². The first-order valence-electron chi connectivity index (χ1n) is 4.47. The molecule has 1 rings (SSSR count). The topological polar surface area (TPSA) is 75.3 Å². The molecular weight excluding hydrogens is 199 g/mol. The summed E-state index contributed by atoms with van der Waals surface area (Å²) in [5.41, 5.74) is 6.16. The molecule has 0 spiro atoms. The highest BCUT2D eigenvalue weighted by Gasteiger charge is 2.13. The number of carbonyl (C=O) groups is 1. The van der Waals surface area contributed by atoms with E-state index < -0.39 is 24.4 Å². The highest BCUT2D eigenvalue weighted by Crippen LogP contribution is 2.14. The molecule has 0 heterocycles. The Morgan fingerprint density at radius 2 is 2.27 bits per heavy atom. The number of anilines is 1. The Kier molecular flexibility index (Phi) is 3.62. The molecule has 1 atom stereocenters. The molecule has 0 aromatic heterocycles. The maximum Gasteiger partial charge on any atom is 0.242 e. The summed E-state index contributed by atoms with van der Waals surface area (Å²) in [6, 6.07) is 3.36. The Balaban J connectivity index is 2.83. The maximum atomic E-state index is 13.0. The Labute approximate surface area is 86.9 Å². The lowest BCUT2D eigenvalue weighted by Crippen LogP contribution is -2.38. The summed E-state index contributed by atoms with van der Waals surface area (Å²) in [5, 5.41) is 11.5. The van der Waals surface area contributed by atoms with Crippen molar-refractivity contribution in [3.63, 3.8) is 0 Å². The van der Waals surface area contributed by atoms with E-state index in [1.807, 2.05) is 0 Å². The van der Waals surface area contributed by atoms with Crippen LogP contribution in [-0.2, 0) is 4.79 Å². The number of benzene rings is 1. The first-order valence-corrected chi connectivity index (χ1v) is 4.47. The Bertz CT molecular complexity index is 348. The lowest BCUT2D eigenvalue weighted by Gasteiger charge is -2.14. The summed E-state index contributed by atoms with van der Waals surface area (Å²) in [7, 11) is 0. The van der Waals surface area contributed by atoms with Crippen molar-refractivity contribution < 1.29 is 14.3 Å². The number of halogens is 1. The number of nitrogens with two attached hydrogens (primary N) is 1. The number of primary amides is 1. The predicted molar refractivity (Wildman–Crippen MR) is 54.8 cm³/mol. The zero-order valence-corrected chi connectivity index (χ0v) is 8.33. The zero-order valence-electron chi connectivity index (χ0n) is 8.33. The van der Waals surface area contributed by atoms with Crippen molar-refractivity contribution in [2.24, 2.45) is 5.73 Å². The van der Waals surface area contributed by atoms with Crippen molar-refractivity contribution in [1.82, 2.24) is 0 Å². The number of amides is 1. The molecular formula is C10H13FN2O2. The number of aliphatic hydroxyl groups is 1. The van der Waals surface area contributed by atoms with Crippen molar-refractivity contribution in [3.05, 3.63) is 29.6 Å². The number of aryl methyl sites for hydroxylation is 1. The van der Waals surface area contributed by atoms with E-state index in [2.05, 4.69) is 5.32 Å². The van der Waals surface area contributed by atoms with E-state index in [0.29, 0.717) is 5.69 Å². The fraction of sp³-hybridized carbons (Fsp3) is 0.300. The quantitative estimate of drug-likeness (QED) is 0.676. The van der Waals surface area contributed by atoms with E-state index in [1.54, 1.807) is 13.0 Å². The van der Waals surface area contributed by atoms with Crippen molar-refractivity contribution >= 4 is 11.6 Å². The lowest BCUT2D eigenvalue weighted by atomic mass is 10.2. The molecule has 15 heavy (non-hydrogen) atoms. The third kappa shape index (κ3) is 3.21. The minimum Gasteiger partial charge on any atom is -0.394 e. The van der Waals surface area contributed by atoms with Crippen LogP contribution in [0.5, 0.6) is 0 Å². The van der Waals surface area contributed by atoms with Crippen LogP contribution < -0.4 is 11.1 Å². The normalized spacial score (nSPS) is 12.2. The highest BCUT2D eigenvalue weighted by atomic mass is 19.1. The molecule has 1 aromatic rings. The Morgan fingerprint density at radius 1 is 1.60 bits per heavy atom. The molecule has 0 aliphatic rings. The molecule has 4 nitrogen and oxygen atoms in total. The van der Waals surface area contributed by atoms with Gasteiger partial charge in [0.05, 0.1) is 6.61 Å². The van der Waals surface area contributed by atoms with Gasteiger partial charge in [0.2, 0.25) is 5.91 Å². The molecule has 1 amide bonds. The second-order valence-electron chi connectivity index (χ2n) is 3.30. The average Bonchev–Trinajstić information content (AvgIpc) is 2.12. The van der Waals surface area contributed by atoms with Crippen LogP contribution in [0.15, 0.2) is 18.2 Å². The zero-order chi connectivity index (χ0) is 11.4. The third-order valence-electron chi connectivity index (χ3n) is 1.91. The molecule has 5 heteroatoms. The largest absolute Gasteiger partial charge is 0.394 e. The minimum absolute atomic E-state index is 0.404. The minimum atomic E-state index is -0.897. The van der Waals surface area contributed by atoms with Gasteiger partial charge in [0.1, 0.15) is 11.9 Å². The fourth-order valence-electron chi connectivity index (χ4n) is 1.23. The maximum absolute atomic E-state index is 13.0. The van der Waals surface area contributed by atoms with Crippen LogP contribution in [0.4, 0.5) is 10.1 Å². The molecule has 1 unspecified atom stereocenters. The second-order valence-corrected chi connectivity index (χ2v) is 3.30. The van der Waals surface area contributed by atoms with Crippen LogP contribution in [0, 0.1) is 12.7 Å². The van der Waals surface area contributed by atoms with Gasteiger partial charge < -0.3 is 16.2 Å². The van der Waals surface area contributed by atoms with Crippen molar-refractivity contribution in [2.45, 2.75) is 13.0 Å². The van der Waals surface area contributed by atoms with Crippen molar-refractivity contribution in [1.29, 1.82) is 0 Å². The fourth-order valence-corrected chi connectivity index (χ4v) is 1.23. The molecule has 0 bridgehead atoms. The lowest BCUT2D eigenvalue weighted by molar-refractivity contribution is -0.119. The second kappa shape index (κ2) is 4.75. The standard InChI is InChI=1S/C10H13FN2O2/c1-6-2-7(11)4-8(3-6)13-9(5-14)10(12)15/h2-4,9,13-14H,5H2,1H3,(H2,12,15). The van der Waals surface area contributed by atoms with E-state index in [0.717, 1.165) is 5.56 Å². The molecule has 1 aromatic carbocycles. The van der Waals surface area contributed by atoms with E-state index >= 15 is 0 Å². The van der Waals surface area contributed by atoms with Gasteiger partial charge in [-0.1, -0.05) is 0 Å². The number of hydrogen-bond donors (Lipinski definition) is 3. The van der Waals surface area contributed by atoms with Crippen molar-refractivity contribution in [2.75, 3.05) is 11.9 Å². The van der Waals surface area contributed by atoms with Crippen molar-refractivity contribution in [3.8, 4) is 0 Å². The van der Waals surface area contributed by atoms with Gasteiger partial charge in [0.15, 0.2) is 0 Å². The molecule has 4 N–H and O–H groups in total. The summed E-state index contributed by atoms with van der Waals surface area (Å²) in [6.07, 6.45) is 0. The summed E-state index contributed by atoms with van der Waals surface area (Å²) < 4.78 is 13.0. The molecule has 0 saturated carbocycles. The van der Waals surface area contributed by atoms with E-state index in [9.17, 15) is 9.18 Å². The van der Waals surface area contributed by atoms with Gasteiger partial charge in [-0.05, 0) is 30.7 Å². The van der Waals surface area contributed by atoms with E-state index in [1.165, 1.54) is 12.1 Å². The summed E-state index contributed by atoms with van der Waals surface area (Å²) >= 11 is 0. The molecule has 0 aliphatic carbocycles. The number of nitrogens with one attached hydrogen (secondary N) is 1. The first kappa shape index (κ1) is 11.5. The van der Waals surface area contributed by atoms with Crippen LogP contribution in [0.25, 0.3) is 0 Å². The van der Waals surface area contributed by atoms with Gasteiger partial charge in [-0.25, -0.2) is 4.39 Å². The smallest absolute Gasteiger partial charge is 0.242 e. The van der Waals surface area contributed by atoms with Crippen LogP contribution in [-0.4, -0.2) is 23.7 Å². The number of carbonyl (C=O) groups excluding carboxylic acids is 1. The third-order valence-corrected chi connectivity index (χ3v) is 1.91. The Hall–Kier alpha value is -1.62. The summed E-state index contributed by atoms with van der Waals surface area (Å²) in [6.45, 7) is 1.30. The van der Waals surface area contributed by atoms with E-state index in [-0.39, 0.29) is 0 Å². The molecule has 0 radical (unpaired) electrons. The van der Waals surface area contributed by atoms with Gasteiger partial charge in [0.25, 0.3) is 0 Å². The van der Waals surface area contributed by atoms with Gasteiger partial charge in [-0.3, -0.25) is 4.79 Å². The van der Waals surface area contributed by atoms with Gasteiger partial charge >= 0.3 is 0 Å². The van der Waals surface area contributed by atoms with Gasteiger partial charge in [-0.2, -0.15) is 0 Å². The molecule has 0 aliphatic heterocycles. The SMILES string of the molecule is Cc1cc(F)cc(NC(CO)C(N)=O)c1. The number of aliphatic hydroxyl groups excluding tert-OH is 1. The predicted octanol–water partition coefficient (Wildman–Crippen LogP) is 0.392. The summed E-state index contributed by atoms with van der Waals surface area (Å²) in [4.78, 5) is 10.8. The van der Waals surface area contributed by atoms with Gasteiger partial charge in [-0.15, -0.1) is 0 Å². The first-order chi connectivity index (χ1) is 7.02. The average molecular weight is 212 g/mol. The molecule has 0 fully saturated rings. The summed E-state index contributed by atoms with van der Waals surface area (Å²) in [5.74, 6) is -1.09. The number of hydrogen-bond acceptors (Lipinski definition) is 3. The van der Waals surface area contributed by atoms with Crippen LogP contribution in [0.1, 0.15) is 5.56 Å². The molecule has 82 valence electrons. The van der Waals surface area contributed by atoms with Gasteiger partial charge in [0, 0.05) is 5.69 Å². The van der Waals surface area contributed by atoms with Crippen LogP contribution in [0.3, 0.4) is 0 Å². The highest BCUT2D eigenvalue weighted by molar-refractivity contribution is 5.83. The number of rotatable bonds is 4. The Morgan fingerprint density at radius 3 is 2.73 bits per heavy atom. The van der Waals surface area contributed by atoms with Crippen LogP contribution in [0.2, 0.25) is 0 Å². The molecule has 0 saturated heterocycles. The van der Waals surface area contributed by atoms with Crippen LogP contribution >= 0.6 is 0 Å². The monoisotopic (exact) mass is 212 g/mol.